The molecule has 7 nitrogen and oxygen atoms in total. The maximum absolute atomic E-state index is 13.1. The third-order valence-electron chi connectivity index (χ3n) is 5.89. The van der Waals surface area contributed by atoms with Crippen molar-refractivity contribution in [1.29, 1.82) is 0 Å². The van der Waals surface area contributed by atoms with Gasteiger partial charge in [-0.15, -0.1) is 0 Å². The lowest BCUT2D eigenvalue weighted by atomic mass is 10.1. The Hall–Kier alpha value is -3.06. The number of aromatic nitrogens is 2. The number of carbonyl (C=O) groups excluding carboxylic acids is 1. The second-order valence-corrected chi connectivity index (χ2v) is 8.68. The molecule has 32 heavy (non-hydrogen) atoms. The minimum atomic E-state index is 0.0282. The average molecular weight is 437 g/mol. The summed E-state index contributed by atoms with van der Waals surface area (Å²) in [5, 5.41) is 0. The fraction of sp³-hybridized carbons (Fsp3) is 0.440. The number of carbonyl (C=O) groups is 1. The highest BCUT2D eigenvalue weighted by Gasteiger charge is 2.24. The molecular weight excluding hydrogens is 404 g/mol. The Labute approximate surface area is 189 Å². The van der Waals surface area contributed by atoms with Crippen LogP contribution in [0.25, 0.3) is 5.65 Å². The van der Waals surface area contributed by atoms with Gasteiger partial charge in [0.25, 0.3) is 5.91 Å². The molecule has 7 heteroatoms. The number of piperazine rings is 1. The minimum absolute atomic E-state index is 0.0282. The topological polar surface area (TPSA) is 59.3 Å². The van der Waals surface area contributed by atoms with Gasteiger partial charge in [0.1, 0.15) is 5.65 Å². The SMILES string of the molecule is COc1cc(C(=O)N2CCN(Cc3c(C)nc4cc(C)ccn34)CC2)ccc1OC(C)C. The van der Waals surface area contributed by atoms with Gasteiger partial charge in [-0.1, -0.05) is 0 Å². The van der Waals surface area contributed by atoms with E-state index in [1.165, 1.54) is 11.3 Å². The van der Waals surface area contributed by atoms with Crippen molar-refractivity contribution >= 4 is 11.6 Å². The normalized spacial score (nSPS) is 14.9. The third kappa shape index (κ3) is 4.58. The van der Waals surface area contributed by atoms with Crippen LogP contribution in [0.2, 0.25) is 0 Å². The number of methoxy groups -OCH3 is 1. The average Bonchev–Trinajstić information content (AvgIpc) is 3.07. The van der Waals surface area contributed by atoms with E-state index in [1.54, 1.807) is 13.2 Å². The molecular formula is C25H32N4O3. The van der Waals surface area contributed by atoms with Crippen LogP contribution in [0.4, 0.5) is 0 Å². The minimum Gasteiger partial charge on any atom is -0.493 e. The molecule has 1 aliphatic heterocycles. The van der Waals surface area contributed by atoms with Crippen molar-refractivity contribution in [2.24, 2.45) is 0 Å². The van der Waals surface area contributed by atoms with Crippen LogP contribution in [0.5, 0.6) is 11.5 Å². The van der Waals surface area contributed by atoms with Gasteiger partial charge in [-0.25, -0.2) is 4.98 Å². The highest BCUT2D eigenvalue weighted by Crippen LogP contribution is 2.29. The van der Waals surface area contributed by atoms with Gasteiger partial charge in [-0.3, -0.25) is 9.69 Å². The molecule has 4 rings (SSSR count). The van der Waals surface area contributed by atoms with Gasteiger partial charge in [0.2, 0.25) is 0 Å². The van der Waals surface area contributed by atoms with E-state index >= 15 is 0 Å². The Morgan fingerprint density at radius 1 is 1.06 bits per heavy atom. The number of rotatable bonds is 6. The van der Waals surface area contributed by atoms with Crippen molar-refractivity contribution in [3.05, 3.63) is 59.0 Å². The first-order chi connectivity index (χ1) is 15.4. The molecule has 1 saturated heterocycles. The number of imidazole rings is 1. The van der Waals surface area contributed by atoms with E-state index in [4.69, 9.17) is 14.5 Å². The lowest BCUT2D eigenvalue weighted by Gasteiger charge is -2.34. The summed E-state index contributed by atoms with van der Waals surface area (Å²) in [6, 6.07) is 9.63. The maximum atomic E-state index is 13.1. The van der Waals surface area contributed by atoms with Gasteiger partial charge in [0, 0.05) is 44.5 Å². The number of amides is 1. The van der Waals surface area contributed by atoms with Crippen molar-refractivity contribution in [2.45, 2.75) is 40.3 Å². The smallest absolute Gasteiger partial charge is 0.254 e. The van der Waals surface area contributed by atoms with Gasteiger partial charge in [-0.05, 0) is 63.6 Å². The molecule has 0 spiro atoms. The van der Waals surface area contributed by atoms with Gasteiger partial charge in [-0.2, -0.15) is 0 Å². The summed E-state index contributed by atoms with van der Waals surface area (Å²) in [5.41, 5.74) is 5.10. The molecule has 1 amide bonds. The second kappa shape index (κ2) is 9.20. The molecule has 1 fully saturated rings. The molecule has 0 N–H and O–H groups in total. The first-order valence-corrected chi connectivity index (χ1v) is 11.2. The molecule has 0 aliphatic carbocycles. The third-order valence-corrected chi connectivity index (χ3v) is 5.89. The summed E-state index contributed by atoms with van der Waals surface area (Å²) in [4.78, 5) is 22.1. The van der Waals surface area contributed by atoms with Crippen LogP contribution in [0, 0.1) is 13.8 Å². The maximum Gasteiger partial charge on any atom is 0.254 e. The zero-order valence-corrected chi connectivity index (χ0v) is 19.6. The molecule has 3 heterocycles. The lowest BCUT2D eigenvalue weighted by molar-refractivity contribution is 0.0626. The Kier molecular flexibility index (Phi) is 6.37. The Balaban J connectivity index is 1.41. The van der Waals surface area contributed by atoms with Crippen molar-refractivity contribution in [3.8, 4) is 11.5 Å². The van der Waals surface area contributed by atoms with E-state index in [0.717, 1.165) is 31.0 Å². The monoisotopic (exact) mass is 436 g/mol. The summed E-state index contributed by atoms with van der Waals surface area (Å²) in [7, 11) is 1.60. The highest BCUT2D eigenvalue weighted by molar-refractivity contribution is 5.95. The van der Waals surface area contributed by atoms with E-state index < -0.39 is 0 Å². The summed E-state index contributed by atoms with van der Waals surface area (Å²) in [5.74, 6) is 1.27. The quantitative estimate of drug-likeness (QED) is 0.590. The summed E-state index contributed by atoms with van der Waals surface area (Å²) >= 11 is 0. The molecule has 3 aromatic rings. The van der Waals surface area contributed by atoms with Gasteiger partial charge < -0.3 is 18.8 Å². The second-order valence-electron chi connectivity index (χ2n) is 8.68. The van der Waals surface area contributed by atoms with E-state index in [9.17, 15) is 4.79 Å². The molecule has 0 unspecified atom stereocenters. The Bertz CT molecular complexity index is 1110. The van der Waals surface area contributed by atoms with Crippen LogP contribution in [0.15, 0.2) is 36.5 Å². The number of hydrogen-bond donors (Lipinski definition) is 0. The Morgan fingerprint density at radius 2 is 1.81 bits per heavy atom. The van der Waals surface area contributed by atoms with E-state index in [1.807, 2.05) is 30.9 Å². The van der Waals surface area contributed by atoms with Gasteiger partial charge in [0.15, 0.2) is 11.5 Å². The first kappa shape index (κ1) is 22.1. The molecule has 170 valence electrons. The number of nitrogens with zero attached hydrogens (tertiary/aromatic N) is 4. The van der Waals surface area contributed by atoms with Crippen LogP contribution in [-0.2, 0) is 6.54 Å². The zero-order chi connectivity index (χ0) is 22.8. The molecule has 2 aromatic heterocycles. The van der Waals surface area contributed by atoms with Crippen LogP contribution >= 0.6 is 0 Å². The van der Waals surface area contributed by atoms with E-state index in [2.05, 4.69) is 41.5 Å². The molecule has 0 radical (unpaired) electrons. The number of benzene rings is 1. The van der Waals surface area contributed by atoms with E-state index in [0.29, 0.717) is 30.2 Å². The number of pyridine rings is 1. The largest absolute Gasteiger partial charge is 0.493 e. The molecule has 1 aromatic carbocycles. The summed E-state index contributed by atoms with van der Waals surface area (Å²) in [6.07, 6.45) is 2.14. The van der Waals surface area contributed by atoms with Crippen LogP contribution in [0.1, 0.15) is 41.2 Å². The van der Waals surface area contributed by atoms with Crippen LogP contribution in [0.3, 0.4) is 0 Å². The van der Waals surface area contributed by atoms with Crippen LogP contribution < -0.4 is 9.47 Å². The highest BCUT2D eigenvalue weighted by atomic mass is 16.5. The standard InChI is InChI=1S/C25H32N4O3/c1-17(2)32-22-7-6-20(15-23(22)31-5)25(30)28-12-10-27(11-13-28)16-21-19(4)26-24-14-18(3)8-9-29(21)24/h6-9,14-15,17H,10-13,16H2,1-5H3. The van der Waals surface area contributed by atoms with E-state index in [-0.39, 0.29) is 12.0 Å². The van der Waals surface area contributed by atoms with Crippen molar-refractivity contribution < 1.29 is 14.3 Å². The fourth-order valence-corrected chi connectivity index (χ4v) is 4.16. The van der Waals surface area contributed by atoms with Crippen molar-refractivity contribution in [3.63, 3.8) is 0 Å². The number of ether oxygens (including phenoxy) is 2. The molecule has 0 atom stereocenters. The number of aryl methyl sites for hydroxylation is 2. The Morgan fingerprint density at radius 3 is 2.50 bits per heavy atom. The number of fused-ring (bicyclic) bond motifs is 1. The predicted octanol–water partition coefficient (Wildman–Crippen LogP) is 3.70. The predicted molar refractivity (Wildman–Crippen MR) is 125 cm³/mol. The zero-order valence-electron chi connectivity index (χ0n) is 19.6. The molecule has 0 bridgehead atoms. The fourth-order valence-electron chi connectivity index (χ4n) is 4.16. The molecule has 0 saturated carbocycles. The van der Waals surface area contributed by atoms with Crippen molar-refractivity contribution in [2.75, 3.05) is 33.3 Å². The lowest BCUT2D eigenvalue weighted by Crippen LogP contribution is -2.48. The van der Waals surface area contributed by atoms with Crippen molar-refractivity contribution in [1.82, 2.24) is 19.2 Å². The summed E-state index contributed by atoms with van der Waals surface area (Å²) in [6.45, 7) is 12.0. The van der Waals surface area contributed by atoms with Crippen LogP contribution in [-0.4, -0.2) is 64.5 Å². The summed E-state index contributed by atoms with van der Waals surface area (Å²) < 4.78 is 13.4. The first-order valence-electron chi connectivity index (χ1n) is 11.2. The van der Waals surface area contributed by atoms with Gasteiger partial charge in [0.05, 0.1) is 24.6 Å². The van der Waals surface area contributed by atoms with Gasteiger partial charge >= 0.3 is 0 Å². The number of hydrogen-bond acceptors (Lipinski definition) is 5. The molecule has 1 aliphatic rings.